The number of aromatic nitrogens is 1. The van der Waals surface area contributed by atoms with Crippen LogP contribution in [0.5, 0.6) is 0 Å². The summed E-state index contributed by atoms with van der Waals surface area (Å²) in [6.45, 7) is 0. The Morgan fingerprint density at radius 3 is 2.58 bits per heavy atom. The number of carbonyl (C=O) groups is 1. The van der Waals surface area contributed by atoms with Gasteiger partial charge in [-0.2, -0.15) is 0 Å². The minimum Gasteiger partial charge on any atom is -0.322 e. The standard InChI is InChI=1S/C12H9N3O3S/c16-12(14-8-3-5-13-6-4-8)10-7-9(15(17)18)1-2-11(10)19/h1-7,19H,(H,13,14,16). The molecule has 1 heterocycles. The summed E-state index contributed by atoms with van der Waals surface area (Å²) in [4.78, 5) is 26.3. The quantitative estimate of drug-likeness (QED) is 0.512. The second-order valence-electron chi connectivity index (χ2n) is 3.65. The van der Waals surface area contributed by atoms with Crippen molar-refractivity contribution in [3.05, 3.63) is 58.4 Å². The van der Waals surface area contributed by atoms with Gasteiger partial charge in [0.15, 0.2) is 0 Å². The Kier molecular flexibility index (Phi) is 3.76. The zero-order valence-electron chi connectivity index (χ0n) is 9.61. The molecule has 96 valence electrons. The summed E-state index contributed by atoms with van der Waals surface area (Å²) in [6.07, 6.45) is 3.06. The van der Waals surface area contributed by atoms with Gasteiger partial charge in [-0.05, 0) is 18.2 Å². The minimum atomic E-state index is -0.559. The smallest absolute Gasteiger partial charge is 0.270 e. The van der Waals surface area contributed by atoms with Crippen LogP contribution in [0.25, 0.3) is 0 Å². The fraction of sp³-hybridized carbons (Fsp3) is 0. The number of rotatable bonds is 3. The van der Waals surface area contributed by atoms with Gasteiger partial charge >= 0.3 is 0 Å². The highest BCUT2D eigenvalue weighted by atomic mass is 32.1. The van der Waals surface area contributed by atoms with Crippen LogP contribution in [0.2, 0.25) is 0 Å². The van der Waals surface area contributed by atoms with Gasteiger partial charge in [0.25, 0.3) is 11.6 Å². The van der Waals surface area contributed by atoms with E-state index < -0.39 is 10.8 Å². The molecule has 0 radical (unpaired) electrons. The number of hydrogen-bond acceptors (Lipinski definition) is 5. The number of non-ortho nitro benzene ring substituents is 1. The van der Waals surface area contributed by atoms with E-state index >= 15 is 0 Å². The summed E-state index contributed by atoms with van der Waals surface area (Å²) in [5.74, 6) is -0.458. The Hall–Kier alpha value is -2.41. The van der Waals surface area contributed by atoms with E-state index in [1.165, 1.54) is 30.6 Å². The molecule has 2 rings (SSSR count). The number of amides is 1. The highest BCUT2D eigenvalue weighted by molar-refractivity contribution is 7.80. The van der Waals surface area contributed by atoms with Crippen molar-refractivity contribution in [2.75, 3.05) is 5.32 Å². The van der Waals surface area contributed by atoms with Crippen molar-refractivity contribution in [3.8, 4) is 0 Å². The first-order chi connectivity index (χ1) is 9.08. The summed E-state index contributed by atoms with van der Waals surface area (Å²) in [7, 11) is 0. The Morgan fingerprint density at radius 2 is 1.95 bits per heavy atom. The van der Waals surface area contributed by atoms with Crippen LogP contribution in [-0.4, -0.2) is 15.8 Å². The van der Waals surface area contributed by atoms with E-state index in [0.717, 1.165) is 0 Å². The molecule has 0 atom stereocenters. The van der Waals surface area contributed by atoms with Gasteiger partial charge in [-0.1, -0.05) is 0 Å². The molecule has 6 nitrogen and oxygen atoms in total. The van der Waals surface area contributed by atoms with Gasteiger partial charge in [0.1, 0.15) is 0 Å². The van der Waals surface area contributed by atoms with E-state index in [0.29, 0.717) is 10.6 Å². The molecule has 0 fully saturated rings. The Balaban J connectivity index is 2.28. The lowest BCUT2D eigenvalue weighted by Gasteiger charge is -2.06. The Morgan fingerprint density at radius 1 is 1.26 bits per heavy atom. The van der Waals surface area contributed by atoms with Gasteiger partial charge in [0.05, 0.1) is 10.5 Å². The third kappa shape index (κ3) is 3.08. The van der Waals surface area contributed by atoms with Crippen LogP contribution in [0.15, 0.2) is 47.6 Å². The number of carbonyl (C=O) groups excluding carboxylic acids is 1. The van der Waals surface area contributed by atoms with Crippen molar-refractivity contribution < 1.29 is 9.72 Å². The van der Waals surface area contributed by atoms with Crippen molar-refractivity contribution in [3.63, 3.8) is 0 Å². The maximum atomic E-state index is 12.0. The summed E-state index contributed by atoms with van der Waals surface area (Å²) < 4.78 is 0. The van der Waals surface area contributed by atoms with E-state index in [1.54, 1.807) is 12.1 Å². The average Bonchev–Trinajstić information content (AvgIpc) is 2.40. The third-order valence-corrected chi connectivity index (χ3v) is 2.76. The predicted octanol–water partition coefficient (Wildman–Crippen LogP) is 2.53. The van der Waals surface area contributed by atoms with Gasteiger partial charge in [-0.25, -0.2) is 0 Å². The van der Waals surface area contributed by atoms with Gasteiger partial charge in [0.2, 0.25) is 0 Å². The maximum absolute atomic E-state index is 12.0. The third-order valence-electron chi connectivity index (χ3n) is 2.37. The molecule has 0 aliphatic rings. The van der Waals surface area contributed by atoms with E-state index in [-0.39, 0.29) is 11.3 Å². The zero-order valence-corrected chi connectivity index (χ0v) is 10.5. The summed E-state index contributed by atoms with van der Waals surface area (Å²) in [6, 6.07) is 7.15. The molecule has 0 aliphatic carbocycles. The number of benzene rings is 1. The van der Waals surface area contributed by atoms with Crippen LogP contribution < -0.4 is 5.32 Å². The van der Waals surface area contributed by atoms with E-state index in [1.807, 2.05) is 0 Å². The van der Waals surface area contributed by atoms with Gasteiger partial charge < -0.3 is 5.32 Å². The molecule has 1 amide bonds. The van der Waals surface area contributed by atoms with Crippen molar-refractivity contribution in [1.82, 2.24) is 4.98 Å². The number of nitrogens with one attached hydrogen (secondary N) is 1. The topological polar surface area (TPSA) is 85.1 Å². The van der Waals surface area contributed by atoms with Gasteiger partial charge in [-0.3, -0.25) is 19.9 Å². The Labute approximate surface area is 114 Å². The lowest BCUT2D eigenvalue weighted by Crippen LogP contribution is -2.13. The van der Waals surface area contributed by atoms with Gasteiger partial charge in [-0.15, -0.1) is 12.6 Å². The maximum Gasteiger partial charge on any atom is 0.270 e. The van der Waals surface area contributed by atoms with Crippen molar-refractivity contribution in [2.24, 2.45) is 0 Å². The number of nitrogens with zero attached hydrogens (tertiary/aromatic N) is 2. The summed E-state index contributed by atoms with van der Waals surface area (Å²) in [5, 5.41) is 13.3. The fourth-order valence-electron chi connectivity index (χ4n) is 1.45. The molecule has 19 heavy (non-hydrogen) atoms. The molecule has 1 aromatic carbocycles. The van der Waals surface area contributed by atoms with Crippen LogP contribution in [-0.2, 0) is 0 Å². The molecular weight excluding hydrogens is 266 g/mol. The summed E-state index contributed by atoms with van der Waals surface area (Å²) >= 11 is 4.12. The molecular formula is C12H9N3O3S. The van der Waals surface area contributed by atoms with Crippen LogP contribution in [0.3, 0.4) is 0 Å². The van der Waals surface area contributed by atoms with Crippen molar-refractivity contribution in [1.29, 1.82) is 0 Å². The molecule has 0 spiro atoms. The number of thiol groups is 1. The highest BCUT2D eigenvalue weighted by Crippen LogP contribution is 2.21. The normalized spacial score (nSPS) is 9.95. The van der Waals surface area contributed by atoms with Crippen LogP contribution >= 0.6 is 12.6 Å². The molecule has 0 aliphatic heterocycles. The van der Waals surface area contributed by atoms with E-state index in [9.17, 15) is 14.9 Å². The number of hydrogen-bond donors (Lipinski definition) is 2. The lowest BCUT2D eigenvalue weighted by atomic mass is 10.2. The van der Waals surface area contributed by atoms with Crippen LogP contribution in [0.1, 0.15) is 10.4 Å². The molecule has 0 saturated heterocycles. The molecule has 2 aromatic rings. The van der Waals surface area contributed by atoms with Crippen molar-refractivity contribution in [2.45, 2.75) is 4.90 Å². The summed E-state index contributed by atoms with van der Waals surface area (Å²) in [5.41, 5.74) is 0.547. The second-order valence-corrected chi connectivity index (χ2v) is 4.13. The fourth-order valence-corrected chi connectivity index (χ4v) is 1.69. The number of nitro benzene ring substituents is 1. The average molecular weight is 275 g/mol. The minimum absolute atomic E-state index is 0.148. The number of nitro groups is 1. The molecule has 0 bridgehead atoms. The lowest BCUT2D eigenvalue weighted by molar-refractivity contribution is -0.384. The zero-order chi connectivity index (χ0) is 13.8. The molecule has 1 aromatic heterocycles. The monoisotopic (exact) mass is 275 g/mol. The first kappa shape index (κ1) is 13.0. The molecule has 0 unspecified atom stereocenters. The SMILES string of the molecule is O=C(Nc1ccncc1)c1cc([N+](=O)[O-])ccc1S. The van der Waals surface area contributed by atoms with Crippen molar-refractivity contribution >= 4 is 29.9 Å². The first-order valence-corrected chi connectivity index (χ1v) is 5.71. The molecule has 7 heteroatoms. The predicted molar refractivity (Wildman–Crippen MR) is 72.5 cm³/mol. The first-order valence-electron chi connectivity index (χ1n) is 5.26. The highest BCUT2D eigenvalue weighted by Gasteiger charge is 2.15. The van der Waals surface area contributed by atoms with Crippen LogP contribution in [0, 0.1) is 10.1 Å². The number of anilines is 1. The molecule has 0 saturated carbocycles. The van der Waals surface area contributed by atoms with Crippen LogP contribution in [0.4, 0.5) is 11.4 Å². The van der Waals surface area contributed by atoms with E-state index in [4.69, 9.17) is 0 Å². The number of pyridine rings is 1. The largest absolute Gasteiger partial charge is 0.322 e. The second kappa shape index (κ2) is 5.49. The van der Waals surface area contributed by atoms with Gasteiger partial charge in [0, 0.05) is 35.1 Å². The molecule has 1 N–H and O–H groups in total. The Bertz CT molecular complexity index is 631. The van der Waals surface area contributed by atoms with E-state index in [2.05, 4.69) is 22.9 Å².